The van der Waals surface area contributed by atoms with Gasteiger partial charge in [-0.3, -0.25) is 4.79 Å². The largest absolute Gasteiger partial charge is 0.439 e. The average Bonchev–Trinajstić information content (AvgIpc) is 3.26. The third-order valence-corrected chi connectivity index (χ3v) is 4.41. The van der Waals surface area contributed by atoms with Crippen molar-refractivity contribution in [2.75, 3.05) is 0 Å². The van der Waals surface area contributed by atoms with Gasteiger partial charge in [0.15, 0.2) is 5.76 Å². The number of oxazole rings is 1. The van der Waals surface area contributed by atoms with Crippen molar-refractivity contribution in [3.05, 3.63) is 77.9 Å². The average molecular weight is 345 g/mol. The van der Waals surface area contributed by atoms with Crippen molar-refractivity contribution in [1.82, 2.24) is 15.3 Å². The highest BCUT2D eigenvalue weighted by Crippen LogP contribution is 2.22. The Morgan fingerprint density at radius 1 is 1.12 bits per heavy atom. The molecule has 26 heavy (non-hydrogen) atoms. The van der Waals surface area contributed by atoms with Crippen LogP contribution < -0.4 is 5.32 Å². The first-order chi connectivity index (χ1) is 12.7. The van der Waals surface area contributed by atoms with Gasteiger partial charge in [-0.1, -0.05) is 48.5 Å². The standard InChI is InChI=1S/C21H19N3O2/c1-14-17(16-9-5-6-10-18(16)24-14)11-20(25)22-13-21-23-12-19(26-21)15-7-3-2-4-8-15/h2-10,12,24H,11,13H2,1H3,(H,22,25). The van der Waals surface area contributed by atoms with Crippen molar-refractivity contribution in [2.24, 2.45) is 0 Å². The highest BCUT2D eigenvalue weighted by molar-refractivity contribution is 5.90. The summed E-state index contributed by atoms with van der Waals surface area (Å²) in [5.41, 5.74) is 4.05. The number of aryl methyl sites for hydroxylation is 1. The molecule has 0 aliphatic heterocycles. The van der Waals surface area contributed by atoms with Crippen LogP contribution in [0.4, 0.5) is 0 Å². The maximum absolute atomic E-state index is 12.4. The van der Waals surface area contributed by atoms with E-state index in [-0.39, 0.29) is 12.5 Å². The minimum atomic E-state index is -0.0580. The molecular formula is C21H19N3O2. The van der Waals surface area contributed by atoms with Crippen molar-refractivity contribution in [3.8, 4) is 11.3 Å². The zero-order chi connectivity index (χ0) is 17.9. The molecule has 5 heteroatoms. The molecule has 0 saturated carbocycles. The number of fused-ring (bicyclic) bond motifs is 1. The SMILES string of the molecule is Cc1[nH]c2ccccc2c1CC(=O)NCc1ncc(-c2ccccc2)o1. The molecule has 0 unspecified atom stereocenters. The number of hydrogen-bond donors (Lipinski definition) is 2. The van der Waals surface area contributed by atoms with Gasteiger partial charge in [-0.05, 0) is 18.6 Å². The summed E-state index contributed by atoms with van der Waals surface area (Å²) < 4.78 is 5.72. The van der Waals surface area contributed by atoms with Crippen molar-refractivity contribution < 1.29 is 9.21 Å². The van der Waals surface area contributed by atoms with Crippen LogP contribution in [0.15, 0.2) is 65.2 Å². The maximum atomic E-state index is 12.4. The van der Waals surface area contributed by atoms with Gasteiger partial charge in [0.05, 0.1) is 19.2 Å². The second-order valence-electron chi connectivity index (χ2n) is 6.21. The summed E-state index contributed by atoms with van der Waals surface area (Å²) in [7, 11) is 0. The molecule has 4 rings (SSSR count). The van der Waals surface area contributed by atoms with Gasteiger partial charge in [0.1, 0.15) is 0 Å². The lowest BCUT2D eigenvalue weighted by atomic mass is 10.1. The van der Waals surface area contributed by atoms with Crippen LogP contribution in [0.5, 0.6) is 0 Å². The Morgan fingerprint density at radius 2 is 1.88 bits per heavy atom. The van der Waals surface area contributed by atoms with E-state index < -0.39 is 0 Å². The number of H-pyrrole nitrogens is 1. The van der Waals surface area contributed by atoms with E-state index in [1.807, 2.05) is 61.5 Å². The Kier molecular flexibility index (Phi) is 4.27. The van der Waals surface area contributed by atoms with Crippen molar-refractivity contribution in [2.45, 2.75) is 19.9 Å². The number of aromatic nitrogens is 2. The van der Waals surface area contributed by atoms with Crippen molar-refractivity contribution in [1.29, 1.82) is 0 Å². The van der Waals surface area contributed by atoms with Crippen LogP contribution in [0.3, 0.4) is 0 Å². The van der Waals surface area contributed by atoms with Crippen LogP contribution in [-0.2, 0) is 17.8 Å². The quantitative estimate of drug-likeness (QED) is 0.574. The number of nitrogens with one attached hydrogen (secondary N) is 2. The number of carbonyl (C=O) groups excluding carboxylic acids is 1. The molecule has 5 nitrogen and oxygen atoms in total. The Bertz CT molecular complexity index is 1050. The predicted molar refractivity (Wildman–Crippen MR) is 101 cm³/mol. The topological polar surface area (TPSA) is 70.9 Å². The number of carbonyl (C=O) groups is 1. The molecule has 130 valence electrons. The molecule has 0 bridgehead atoms. The number of para-hydroxylation sites is 1. The van der Waals surface area contributed by atoms with Gasteiger partial charge < -0.3 is 14.7 Å². The molecular weight excluding hydrogens is 326 g/mol. The second-order valence-corrected chi connectivity index (χ2v) is 6.21. The van der Waals surface area contributed by atoms with Crippen LogP contribution in [-0.4, -0.2) is 15.9 Å². The predicted octanol–water partition coefficient (Wildman–Crippen LogP) is 3.99. The molecule has 2 heterocycles. The van der Waals surface area contributed by atoms with Crippen LogP contribution >= 0.6 is 0 Å². The summed E-state index contributed by atoms with van der Waals surface area (Å²) in [6.07, 6.45) is 2.00. The molecule has 4 aromatic rings. The smallest absolute Gasteiger partial charge is 0.224 e. The third-order valence-electron chi connectivity index (χ3n) is 4.41. The van der Waals surface area contributed by atoms with E-state index in [1.54, 1.807) is 6.20 Å². The molecule has 2 aromatic carbocycles. The number of hydrogen-bond acceptors (Lipinski definition) is 3. The lowest BCUT2D eigenvalue weighted by Crippen LogP contribution is -2.24. The highest BCUT2D eigenvalue weighted by atomic mass is 16.4. The number of benzene rings is 2. The van der Waals surface area contributed by atoms with E-state index in [1.165, 1.54) is 0 Å². The number of nitrogens with zero attached hydrogens (tertiary/aromatic N) is 1. The van der Waals surface area contributed by atoms with E-state index in [9.17, 15) is 4.79 Å². The lowest BCUT2D eigenvalue weighted by molar-refractivity contribution is -0.120. The summed E-state index contributed by atoms with van der Waals surface area (Å²) in [6.45, 7) is 2.26. The summed E-state index contributed by atoms with van der Waals surface area (Å²) in [6, 6.07) is 17.8. The molecule has 0 atom stereocenters. The zero-order valence-corrected chi connectivity index (χ0v) is 14.5. The molecule has 2 N–H and O–H groups in total. The van der Waals surface area contributed by atoms with E-state index in [2.05, 4.69) is 15.3 Å². The first-order valence-corrected chi connectivity index (χ1v) is 8.54. The fourth-order valence-corrected chi connectivity index (χ4v) is 3.09. The van der Waals surface area contributed by atoms with E-state index >= 15 is 0 Å². The molecule has 1 amide bonds. The first kappa shape index (κ1) is 16.1. The van der Waals surface area contributed by atoms with E-state index in [0.29, 0.717) is 18.1 Å². The highest BCUT2D eigenvalue weighted by Gasteiger charge is 2.13. The zero-order valence-electron chi connectivity index (χ0n) is 14.5. The maximum Gasteiger partial charge on any atom is 0.224 e. The van der Waals surface area contributed by atoms with Gasteiger partial charge in [-0.15, -0.1) is 0 Å². The molecule has 0 radical (unpaired) electrons. The van der Waals surface area contributed by atoms with Crippen LogP contribution in [0, 0.1) is 6.92 Å². The van der Waals surface area contributed by atoms with Crippen molar-refractivity contribution >= 4 is 16.8 Å². The van der Waals surface area contributed by atoms with E-state index in [0.717, 1.165) is 27.7 Å². The number of amides is 1. The summed E-state index contributed by atoms with van der Waals surface area (Å²) in [5, 5.41) is 3.97. The molecule has 0 aliphatic rings. The molecule has 0 fully saturated rings. The summed E-state index contributed by atoms with van der Waals surface area (Å²) in [4.78, 5) is 19.9. The molecule has 2 aromatic heterocycles. The Balaban J connectivity index is 1.41. The van der Waals surface area contributed by atoms with E-state index in [4.69, 9.17) is 4.42 Å². The lowest BCUT2D eigenvalue weighted by Gasteiger charge is -2.03. The van der Waals surface area contributed by atoms with Gasteiger partial charge in [-0.25, -0.2) is 4.98 Å². The monoisotopic (exact) mass is 345 g/mol. The second kappa shape index (κ2) is 6.88. The van der Waals surface area contributed by atoms with Gasteiger partial charge in [0.2, 0.25) is 11.8 Å². The van der Waals surface area contributed by atoms with Gasteiger partial charge in [-0.2, -0.15) is 0 Å². The normalized spacial score (nSPS) is 11.0. The minimum Gasteiger partial charge on any atom is -0.439 e. The number of rotatable bonds is 5. The third kappa shape index (κ3) is 3.24. The van der Waals surface area contributed by atoms with Crippen LogP contribution in [0.2, 0.25) is 0 Å². The van der Waals surface area contributed by atoms with Gasteiger partial charge >= 0.3 is 0 Å². The fourth-order valence-electron chi connectivity index (χ4n) is 3.09. The summed E-state index contributed by atoms with van der Waals surface area (Å²) >= 11 is 0. The Hall–Kier alpha value is -3.34. The van der Waals surface area contributed by atoms with Crippen LogP contribution in [0.25, 0.3) is 22.2 Å². The minimum absolute atomic E-state index is 0.0580. The number of aromatic amines is 1. The molecule has 0 aliphatic carbocycles. The molecule has 0 spiro atoms. The molecule has 0 saturated heterocycles. The van der Waals surface area contributed by atoms with Crippen molar-refractivity contribution in [3.63, 3.8) is 0 Å². The fraction of sp³-hybridized carbons (Fsp3) is 0.143. The Labute approximate surface area is 151 Å². The van der Waals surface area contributed by atoms with Gasteiger partial charge in [0.25, 0.3) is 0 Å². The summed E-state index contributed by atoms with van der Waals surface area (Å²) in [5.74, 6) is 1.13. The van der Waals surface area contributed by atoms with Crippen LogP contribution in [0.1, 0.15) is 17.1 Å². The van der Waals surface area contributed by atoms with Gasteiger partial charge in [0, 0.05) is 22.2 Å². The first-order valence-electron chi connectivity index (χ1n) is 8.54. The Morgan fingerprint density at radius 3 is 2.73 bits per heavy atom.